The first-order valence-electron chi connectivity index (χ1n) is 9.50. The number of nitrogens with one attached hydrogen (secondary N) is 1. The number of fused-ring (bicyclic) bond motifs is 1. The molecule has 2 amide bonds. The van der Waals surface area contributed by atoms with Gasteiger partial charge in [-0.25, -0.2) is 14.2 Å². The maximum atomic E-state index is 14.3. The van der Waals surface area contributed by atoms with E-state index in [1.807, 2.05) is 0 Å². The Balaban J connectivity index is 1.46. The molecule has 7 nitrogen and oxygen atoms in total. The van der Waals surface area contributed by atoms with Gasteiger partial charge in [-0.2, -0.15) is 0 Å². The second-order valence-corrected chi connectivity index (χ2v) is 7.27. The molecular formula is C21H22FN3O4. The van der Waals surface area contributed by atoms with Crippen molar-refractivity contribution in [2.24, 2.45) is 11.7 Å². The van der Waals surface area contributed by atoms with Crippen LogP contribution >= 0.6 is 0 Å². The van der Waals surface area contributed by atoms with Crippen molar-refractivity contribution in [2.75, 3.05) is 13.2 Å². The summed E-state index contributed by atoms with van der Waals surface area (Å²) in [6.07, 6.45) is 2.30. The molecule has 0 aliphatic heterocycles. The molecule has 1 heterocycles. The van der Waals surface area contributed by atoms with E-state index in [2.05, 4.69) is 10.3 Å². The molecule has 0 bridgehead atoms. The van der Waals surface area contributed by atoms with Crippen LogP contribution in [-0.2, 0) is 0 Å². The molecule has 1 aliphatic rings. The third-order valence-electron chi connectivity index (χ3n) is 4.60. The van der Waals surface area contributed by atoms with Crippen molar-refractivity contribution in [2.45, 2.75) is 25.8 Å². The van der Waals surface area contributed by atoms with E-state index in [1.54, 1.807) is 37.3 Å². The summed E-state index contributed by atoms with van der Waals surface area (Å²) in [6.45, 7) is 2.58. The van der Waals surface area contributed by atoms with E-state index in [0.717, 1.165) is 12.8 Å². The molecule has 0 radical (unpaired) electrons. The molecular weight excluding hydrogens is 377 g/mol. The molecule has 1 aromatic heterocycles. The molecule has 0 saturated heterocycles. The van der Waals surface area contributed by atoms with Gasteiger partial charge in [0.1, 0.15) is 17.9 Å². The molecule has 0 spiro atoms. The highest BCUT2D eigenvalue weighted by atomic mass is 19.1. The van der Waals surface area contributed by atoms with Gasteiger partial charge in [0.2, 0.25) is 5.89 Å². The van der Waals surface area contributed by atoms with E-state index in [-0.39, 0.29) is 18.4 Å². The van der Waals surface area contributed by atoms with Crippen molar-refractivity contribution >= 4 is 17.1 Å². The fourth-order valence-electron chi connectivity index (χ4n) is 2.87. The summed E-state index contributed by atoms with van der Waals surface area (Å²) in [6, 6.07) is 9.06. The van der Waals surface area contributed by atoms with Crippen LogP contribution in [0.1, 0.15) is 19.8 Å². The number of rotatable bonds is 8. The number of halogens is 1. The van der Waals surface area contributed by atoms with Gasteiger partial charge >= 0.3 is 6.03 Å². The lowest BCUT2D eigenvalue weighted by molar-refractivity contribution is 0.233. The molecule has 1 saturated carbocycles. The van der Waals surface area contributed by atoms with Crippen molar-refractivity contribution in [1.82, 2.24) is 10.3 Å². The van der Waals surface area contributed by atoms with Crippen LogP contribution in [0.2, 0.25) is 0 Å². The summed E-state index contributed by atoms with van der Waals surface area (Å²) in [5.74, 6) is 1.23. The van der Waals surface area contributed by atoms with Crippen LogP contribution in [0.25, 0.3) is 22.6 Å². The minimum absolute atomic E-state index is 0.239. The zero-order valence-corrected chi connectivity index (χ0v) is 16.0. The number of aromatic nitrogens is 1. The Kier molecular flexibility index (Phi) is 5.24. The lowest BCUT2D eigenvalue weighted by atomic mass is 10.2. The first-order valence-corrected chi connectivity index (χ1v) is 9.50. The highest BCUT2D eigenvalue weighted by Crippen LogP contribution is 2.32. The second kappa shape index (κ2) is 7.98. The summed E-state index contributed by atoms with van der Waals surface area (Å²) >= 11 is 0. The van der Waals surface area contributed by atoms with Gasteiger partial charge < -0.3 is 24.9 Å². The summed E-state index contributed by atoms with van der Waals surface area (Å²) in [4.78, 5) is 15.3. The van der Waals surface area contributed by atoms with Gasteiger partial charge in [0, 0.05) is 11.6 Å². The molecule has 1 fully saturated rings. The molecule has 152 valence electrons. The van der Waals surface area contributed by atoms with E-state index >= 15 is 0 Å². The molecule has 3 aromatic rings. The zero-order valence-electron chi connectivity index (χ0n) is 16.0. The normalized spacial score (nSPS) is 14.6. The Morgan fingerprint density at radius 2 is 2.14 bits per heavy atom. The first kappa shape index (κ1) is 19.0. The average molecular weight is 399 g/mol. The first-order chi connectivity index (χ1) is 14.0. The maximum Gasteiger partial charge on any atom is 0.312 e. The Morgan fingerprint density at radius 1 is 1.31 bits per heavy atom. The fourth-order valence-corrected chi connectivity index (χ4v) is 2.87. The highest BCUT2D eigenvalue weighted by molar-refractivity contribution is 5.77. The Hall–Kier alpha value is -3.29. The van der Waals surface area contributed by atoms with Crippen molar-refractivity contribution in [3.05, 3.63) is 42.2 Å². The minimum atomic E-state index is -0.604. The zero-order chi connectivity index (χ0) is 20.4. The largest absolute Gasteiger partial charge is 0.491 e. The molecule has 8 heteroatoms. The predicted molar refractivity (Wildman–Crippen MR) is 105 cm³/mol. The number of urea groups is 1. The smallest absolute Gasteiger partial charge is 0.312 e. The predicted octanol–water partition coefficient (Wildman–Crippen LogP) is 3.86. The standard InChI is InChI=1S/C21H22FN3O4/c1-12(24-21(23)26)10-27-15-5-6-17-19(9-15)29-20(25-17)14-4-7-18(16(22)8-14)28-11-13-2-3-13/h4-9,12-13H,2-3,10-11H2,1H3,(H3,23,24,26)/t12-/m0/s1. The Morgan fingerprint density at radius 3 is 2.86 bits per heavy atom. The average Bonchev–Trinajstić information content (AvgIpc) is 3.41. The van der Waals surface area contributed by atoms with Gasteiger partial charge in [-0.15, -0.1) is 0 Å². The van der Waals surface area contributed by atoms with Crippen molar-refractivity contribution < 1.29 is 23.1 Å². The van der Waals surface area contributed by atoms with E-state index < -0.39 is 11.8 Å². The number of hydrogen-bond donors (Lipinski definition) is 2. The van der Waals surface area contributed by atoms with Crippen LogP contribution in [-0.4, -0.2) is 30.3 Å². The second-order valence-electron chi connectivity index (χ2n) is 7.27. The maximum absolute atomic E-state index is 14.3. The number of benzene rings is 2. The van der Waals surface area contributed by atoms with Crippen LogP contribution in [0.5, 0.6) is 11.5 Å². The lowest BCUT2D eigenvalue weighted by Crippen LogP contribution is -2.40. The third kappa shape index (κ3) is 4.77. The number of carbonyl (C=O) groups excluding carboxylic acids is 1. The van der Waals surface area contributed by atoms with Crippen LogP contribution in [0.4, 0.5) is 9.18 Å². The van der Waals surface area contributed by atoms with Crippen LogP contribution in [0, 0.1) is 11.7 Å². The van der Waals surface area contributed by atoms with Gasteiger partial charge in [0.05, 0.1) is 12.6 Å². The number of carbonyl (C=O) groups is 1. The van der Waals surface area contributed by atoms with Gasteiger partial charge in [-0.1, -0.05) is 0 Å². The molecule has 4 rings (SSSR count). The van der Waals surface area contributed by atoms with Crippen LogP contribution < -0.4 is 20.5 Å². The van der Waals surface area contributed by atoms with E-state index in [0.29, 0.717) is 40.8 Å². The van der Waals surface area contributed by atoms with Gasteiger partial charge in [-0.3, -0.25) is 0 Å². The molecule has 29 heavy (non-hydrogen) atoms. The molecule has 1 atom stereocenters. The van der Waals surface area contributed by atoms with Gasteiger partial charge in [0.15, 0.2) is 17.1 Å². The molecule has 3 N–H and O–H groups in total. The Bertz CT molecular complexity index is 1030. The number of nitrogens with zero attached hydrogens (tertiary/aromatic N) is 1. The lowest BCUT2D eigenvalue weighted by Gasteiger charge is -2.13. The summed E-state index contributed by atoms with van der Waals surface area (Å²) < 4.78 is 31.3. The molecule has 1 aliphatic carbocycles. The Labute approximate surface area is 167 Å². The number of ether oxygens (including phenoxy) is 2. The summed E-state index contributed by atoms with van der Waals surface area (Å²) in [7, 11) is 0. The number of primary amides is 1. The fraction of sp³-hybridized carbons (Fsp3) is 0.333. The monoisotopic (exact) mass is 399 g/mol. The van der Waals surface area contributed by atoms with Crippen LogP contribution in [0.3, 0.4) is 0 Å². The number of nitrogens with two attached hydrogens (primary N) is 1. The van der Waals surface area contributed by atoms with E-state index in [9.17, 15) is 9.18 Å². The third-order valence-corrected chi connectivity index (χ3v) is 4.60. The van der Waals surface area contributed by atoms with Crippen LogP contribution in [0.15, 0.2) is 40.8 Å². The van der Waals surface area contributed by atoms with Crippen molar-refractivity contribution in [3.8, 4) is 23.0 Å². The number of hydrogen-bond acceptors (Lipinski definition) is 5. The topological polar surface area (TPSA) is 99.6 Å². The van der Waals surface area contributed by atoms with E-state index in [4.69, 9.17) is 19.6 Å². The highest BCUT2D eigenvalue weighted by Gasteiger charge is 2.22. The summed E-state index contributed by atoms with van der Waals surface area (Å²) in [5.41, 5.74) is 6.76. The summed E-state index contributed by atoms with van der Waals surface area (Å²) in [5, 5.41) is 2.54. The minimum Gasteiger partial charge on any atom is -0.491 e. The number of oxazole rings is 1. The molecule has 0 unspecified atom stereocenters. The van der Waals surface area contributed by atoms with E-state index in [1.165, 1.54) is 6.07 Å². The van der Waals surface area contributed by atoms with Gasteiger partial charge in [0.25, 0.3) is 0 Å². The quantitative estimate of drug-likeness (QED) is 0.599. The van der Waals surface area contributed by atoms with Crippen molar-refractivity contribution in [3.63, 3.8) is 0 Å². The number of amides is 2. The molecule has 2 aromatic carbocycles. The van der Waals surface area contributed by atoms with Gasteiger partial charge in [-0.05, 0) is 56.0 Å². The van der Waals surface area contributed by atoms with Crippen molar-refractivity contribution in [1.29, 1.82) is 0 Å². The SMILES string of the molecule is C[C@@H](COc1ccc2nc(-c3ccc(OCC4CC4)c(F)c3)oc2c1)NC(N)=O.